The van der Waals surface area contributed by atoms with Crippen molar-refractivity contribution in [1.82, 2.24) is 4.90 Å². The fourth-order valence-electron chi connectivity index (χ4n) is 3.08. The second-order valence-corrected chi connectivity index (χ2v) is 5.75. The van der Waals surface area contributed by atoms with Crippen molar-refractivity contribution in [3.8, 4) is 5.75 Å². The molecular weight excluding hydrogens is 222 g/mol. The smallest absolute Gasteiger partial charge is 0.122 e. The molecular formula is C16H25NO. The molecule has 0 aliphatic carbocycles. The Morgan fingerprint density at radius 2 is 2.00 bits per heavy atom. The SMILES string of the molecule is CCC1(CC)CCN(Cc2cccc(C)c2O)C1. The van der Waals surface area contributed by atoms with E-state index in [1.54, 1.807) is 0 Å². The second-order valence-electron chi connectivity index (χ2n) is 5.75. The summed E-state index contributed by atoms with van der Waals surface area (Å²) in [5, 5.41) is 10.1. The molecule has 0 bridgehead atoms. The predicted octanol–water partition coefficient (Wildman–Crippen LogP) is 3.71. The third kappa shape index (κ3) is 2.54. The second kappa shape index (κ2) is 5.31. The van der Waals surface area contributed by atoms with Crippen molar-refractivity contribution < 1.29 is 5.11 Å². The first-order chi connectivity index (χ1) is 8.60. The summed E-state index contributed by atoms with van der Waals surface area (Å²) >= 11 is 0. The van der Waals surface area contributed by atoms with Crippen LogP contribution in [0.5, 0.6) is 5.75 Å². The standard InChI is InChI=1S/C16H25NO/c1-4-16(5-2)9-10-17(12-16)11-14-8-6-7-13(3)15(14)18/h6-8,18H,4-5,9-12H2,1-3H3. The maximum absolute atomic E-state index is 10.1. The van der Waals surface area contributed by atoms with Crippen molar-refractivity contribution in [2.75, 3.05) is 13.1 Å². The summed E-state index contributed by atoms with van der Waals surface area (Å²) in [5.41, 5.74) is 2.56. The van der Waals surface area contributed by atoms with Gasteiger partial charge in [0.1, 0.15) is 5.75 Å². The quantitative estimate of drug-likeness (QED) is 0.876. The molecule has 0 unspecified atom stereocenters. The molecule has 2 rings (SSSR count). The number of hydrogen-bond acceptors (Lipinski definition) is 2. The third-order valence-electron chi connectivity index (χ3n) is 4.73. The van der Waals surface area contributed by atoms with Crippen LogP contribution in [0.25, 0.3) is 0 Å². The first kappa shape index (κ1) is 13.4. The average Bonchev–Trinajstić information content (AvgIpc) is 2.79. The van der Waals surface area contributed by atoms with Gasteiger partial charge in [0.15, 0.2) is 0 Å². The minimum Gasteiger partial charge on any atom is -0.507 e. The van der Waals surface area contributed by atoms with Crippen molar-refractivity contribution in [3.63, 3.8) is 0 Å². The molecule has 0 radical (unpaired) electrons. The number of para-hydroxylation sites is 1. The van der Waals surface area contributed by atoms with Gasteiger partial charge in [-0.25, -0.2) is 0 Å². The molecule has 0 atom stereocenters. The Kier molecular flexibility index (Phi) is 3.96. The summed E-state index contributed by atoms with van der Waals surface area (Å²) in [7, 11) is 0. The van der Waals surface area contributed by atoms with Gasteiger partial charge in [0.05, 0.1) is 0 Å². The van der Waals surface area contributed by atoms with Gasteiger partial charge in [0.2, 0.25) is 0 Å². The molecule has 100 valence electrons. The summed E-state index contributed by atoms with van der Waals surface area (Å²) in [5.74, 6) is 0.475. The van der Waals surface area contributed by atoms with Crippen LogP contribution in [0.2, 0.25) is 0 Å². The van der Waals surface area contributed by atoms with Gasteiger partial charge in [-0.2, -0.15) is 0 Å². The molecule has 1 fully saturated rings. The van der Waals surface area contributed by atoms with Gasteiger partial charge < -0.3 is 5.11 Å². The number of phenols is 1. The van der Waals surface area contributed by atoms with Gasteiger partial charge in [-0.1, -0.05) is 32.0 Å². The van der Waals surface area contributed by atoms with Crippen LogP contribution in [-0.4, -0.2) is 23.1 Å². The monoisotopic (exact) mass is 247 g/mol. The molecule has 0 spiro atoms. The highest BCUT2D eigenvalue weighted by Crippen LogP contribution is 2.38. The molecule has 0 amide bonds. The topological polar surface area (TPSA) is 23.5 Å². The molecule has 1 saturated heterocycles. The Morgan fingerprint density at radius 1 is 1.28 bits per heavy atom. The third-order valence-corrected chi connectivity index (χ3v) is 4.73. The van der Waals surface area contributed by atoms with E-state index < -0.39 is 0 Å². The molecule has 2 nitrogen and oxygen atoms in total. The summed E-state index contributed by atoms with van der Waals surface area (Å²) in [6.45, 7) is 9.79. The van der Waals surface area contributed by atoms with Crippen LogP contribution in [0.1, 0.15) is 44.2 Å². The van der Waals surface area contributed by atoms with Crippen molar-refractivity contribution >= 4 is 0 Å². The van der Waals surface area contributed by atoms with Crippen LogP contribution < -0.4 is 0 Å². The lowest BCUT2D eigenvalue weighted by molar-refractivity contribution is 0.234. The van der Waals surface area contributed by atoms with Gasteiger partial charge in [0.25, 0.3) is 0 Å². The van der Waals surface area contributed by atoms with E-state index in [4.69, 9.17) is 0 Å². The van der Waals surface area contributed by atoms with E-state index in [0.29, 0.717) is 11.2 Å². The van der Waals surface area contributed by atoms with Crippen LogP contribution in [0, 0.1) is 12.3 Å². The zero-order valence-electron chi connectivity index (χ0n) is 11.9. The molecule has 18 heavy (non-hydrogen) atoms. The van der Waals surface area contributed by atoms with Crippen LogP contribution >= 0.6 is 0 Å². The highest BCUT2D eigenvalue weighted by molar-refractivity contribution is 5.39. The molecule has 0 saturated carbocycles. The first-order valence-corrected chi connectivity index (χ1v) is 7.10. The average molecular weight is 247 g/mol. The maximum Gasteiger partial charge on any atom is 0.122 e. The normalized spacial score (nSPS) is 19.3. The Balaban J connectivity index is 2.06. The lowest BCUT2D eigenvalue weighted by Crippen LogP contribution is -2.26. The number of hydrogen-bond donors (Lipinski definition) is 1. The molecule has 1 aliphatic heterocycles. The lowest BCUT2D eigenvalue weighted by Gasteiger charge is -2.26. The molecule has 1 aromatic carbocycles. The summed E-state index contributed by atoms with van der Waals surface area (Å²) in [6, 6.07) is 6.04. The molecule has 1 aromatic rings. The van der Waals surface area contributed by atoms with E-state index in [2.05, 4.69) is 18.7 Å². The van der Waals surface area contributed by atoms with Gasteiger partial charge >= 0.3 is 0 Å². The number of likely N-dealkylation sites (tertiary alicyclic amines) is 1. The Morgan fingerprint density at radius 3 is 2.61 bits per heavy atom. The van der Waals surface area contributed by atoms with E-state index in [-0.39, 0.29) is 0 Å². The van der Waals surface area contributed by atoms with E-state index in [0.717, 1.165) is 24.2 Å². The highest BCUT2D eigenvalue weighted by Gasteiger charge is 2.34. The number of rotatable bonds is 4. The molecule has 2 heteroatoms. The number of aryl methyl sites for hydroxylation is 1. The number of benzene rings is 1. The maximum atomic E-state index is 10.1. The van der Waals surface area contributed by atoms with Crippen molar-refractivity contribution in [2.45, 2.75) is 46.6 Å². The van der Waals surface area contributed by atoms with Gasteiger partial charge in [0, 0.05) is 18.7 Å². The fraction of sp³-hybridized carbons (Fsp3) is 0.625. The Labute approximate surface area is 111 Å². The zero-order chi connectivity index (χ0) is 13.2. The first-order valence-electron chi connectivity index (χ1n) is 7.10. The minimum atomic E-state index is 0.475. The Bertz CT molecular complexity index is 410. The number of phenolic OH excluding ortho intramolecular Hbond substituents is 1. The largest absolute Gasteiger partial charge is 0.507 e. The van der Waals surface area contributed by atoms with E-state index in [9.17, 15) is 5.11 Å². The van der Waals surface area contributed by atoms with Crippen molar-refractivity contribution in [3.05, 3.63) is 29.3 Å². The lowest BCUT2D eigenvalue weighted by atomic mass is 9.82. The number of nitrogens with zero attached hydrogens (tertiary/aromatic N) is 1. The van der Waals surface area contributed by atoms with Crippen LogP contribution in [0.4, 0.5) is 0 Å². The molecule has 1 aliphatic rings. The summed E-state index contributed by atoms with van der Waals surface area (Å²) < 4.78 is 0. The molecule has 1 N–H and O–H groups in total. The van der Waals surface area contributed by atoms with Crippen LogP contribution in [-0.2, 0) is 6.54 Å². The van der Waals surface area contributed by atoms with Crippen molar-refractivity contribution in [1.29, 1.82) is 0 Å². The molecule has 0 aromatic heterocycles. The number of aromatic hydroxyl groups is 1. The van der Waals surface area contributed by atoms with Crippen LogP contribution in [0.3, 0.4) is 0 Å². The summed E-state index contributed by atoms with van der Waals surface area (Å²) in [4.78, 5) is 2.49. The zero-order valence-corrected chi connectivity index (χ0v) is 11.9. The fourth-order valence-corrected chi connectivity index (χ4v) is 3.08. The van der Waals surface area contributed by atoms with Crippen molar-refractivity contribution in [2.24, 2.45) is 5.41 Å². The highest BCUT2D eigenvalue weighted by atomic mass is 16.3. The predicted molar refractivity (Wildman–Crippen MR) is 75.8 cm³/mol. The van der Waals surface area contributed by atoms with E-state index in [1.165, 1.54) is 25.8 Å². The van der Waals surface area contributed by atoms with Gasteiger partial charge in [-0.05, 0) is 43.7 Å². The van der Waals surface area contributed by atoms with Gasteiger partial charge in [-0.15, -0.1) is 0 Å². The molecule has 1 heterocycles. The summed E-state index contributed by atoms with van der Waals surface area (Å²) in [6.07, 6.45) is 3.83. The van der Waals surface area contributed by atoms with Gasteiger partial charge in [-0.3, -0.25) is 4.90 Å². The van der Waals surface area contributed by atoms with E-state index >= 15 is 0 Å². The van der Waals surface area contributed by atoms with Crippen LogP contribution in [0.15, 0.2) is 18.2 Å². The Hall–Kier alpha value is -1.02. The van der Waals surface area contributed by atoms with E-state index in [1.807, 2.05) is 25.1 Å². The minimum absolute atomic E-state index is 0.475.